The van der Waals surface area contributed by atoms with Crippen LogP contribution in [0.1, 0.15) is 39.5 Å². The van der Waals surface area contributed by atoms with Gasteiger partial charge in [0.15, 0.2) is 0 Å². The van der Waals surface area contributed by atoms with E-state index in [0.29, 0.717) is 0 Å². The van der Waals surface area contributed by atoms with Crippen LogP contribution in [0.4, 0.5) is 0 Å². The van der Waals surface area contributed by atoms with E-state index in [4.69, 9.17) is 0 Å². The van der Waals surface area contributed by atoms with Crippen molar-refractivity contribution in [2.24, 2.45) is 0 Å². The van der Waals surface area contributed by atoms with E-state index in [1.807, 2.05) is 12.3 Å². The summed E-state index contributed by atoms with van der Waals surface area (Å²) in [7, 11) is 0. The molecule has 0 aliphatic carbocycles. The molecule has 0 radical (unpaired) electrons. The van der Waals surface area contributed by atoms with Crippen LogP contribution in [-0.4, -0.2) is 5.11 Å². The Kier molecular flexibility index (Phi) is 3.36. The second-order valence-corrected chi connectivity index (χ2v) is 5.45. The highest BCUT2D eigenvalue weighted by atomic mass is 32.1. The Morgan fingerprint density at radius 2 is 1.47 bits per heavy atom. The number of rotatable bonds is 2. The molecule has 1 nitrogen and oxygen atoms in total. The molecule has 2 aromatic rings. The zero-order valence-electron chi connectivity index (χ0n) is 10.7. The van der Waals surface area contributed by atoms with Crippen LogP contribution in [-0.2, 0) is 0 Å². The maximum Gasteiger partial charge on any atom is 0.105 e. The highest BCUT2D eigenvalue weighted by Crippen LogP contribution is 2.30. The van der Waals surface area contributed by atoms with Gasteiger partial charge in [0.1, 0.15) is 6.10 Å². The molecule has 0 fully saturated rings. The van der Waals surface area contributed by atoms with Gasteiger partial charge in [-0.1, -0.05) is 12.1 Å². The molecule has 0 aliphatic rings. The van der Waals surface area contributed by atoms with Crippen LogP contribution in [0.25, 0.3) is 0 Å². The molecule has 2 heteroatoms. The van der Waals surface area contributed by atoms with E-state index in [1.54, 1.807) is 11.3 Å². The Bertz CT molecular complexity index is 540. The van der Waals surface area contributed by atoms with Gasteiger partial charge in [0.05, 0.1) is 0 Å². The van der Waals surface area contributed by atoms with Crippen molar-refractivity contribution in [2.45, 2.75) is 33.8 Å². The third-order valence-electron chi connectivity index (χ3n) is 3.37. The summed E-state index contributed by atoms with van der Waals surface area (Å²) in [5.74, 6) is 0. The number of thiophene rings is 1. The van der Waals surface area contributed by atoms with Crippen molar-refractivity contribution in [1.29, 1.82) is 0 Å². The molecule has 1 aromatic carbocycles. The van der Waals surface area contributed by atoms with E-state index in [-0.39, 0.29) is 0 Å². The van der Waals surface area contributed by atoms with Gasteiger partial charge in [0, 0.05) is 0 Å². The summed E-state index contributed by atoms with van der Waals surface area (Å²) in [6.07, 6.45) is -0.499. The zero-order valence-corrected chi connectivity index (χ0v) is 11.6. The molecular weight excluding hydrogens is 228 g/mol. The fourth-order valence-corrected chi connectivity index (χ4v) is 2.97. The molecule has 1 aromatic heterocycles. The minimum absolute atomic E-state index is 0.499. The fourth-order valence-electron chi connectivity index (χ4n) is 2.10. The van der Waals surface area contributed by atoms with Gasteiger partial charge in [-0.15, -0.1) is 0 Å². The number of aliphatic hydroxyl groups excluding tert-OH is 1. The molecule has 0 saturated carbocycles. The van der Waals surface area contributed by atoms with Gasteiger partial charge in [-0.2, -0.15) is 11.3 Å². The highest BCUT2D eigenvalue weighted by molar-refractivity contribution is 7.08. The first-order valence-corrected chi connectivity index (χ1v) is 6.73. The number of aryl methyl sites for hydroxylation is 4. The van der Waals surface area contributed by atoms with E-state index in [2.05, 4.69) is 38.3 Å². The Labute approximate surface area is 107 Å². The van der Waals surface area contributed by atoms with Crippen LogP contribution >= 0.6 is 11.3 Å². The molecule has 0 amide bonds. The predicted molar refractivity (Wildman–Crippen MR) is 73.8 cm³/mol. The number of hydrogen-bond donors (Lipinski definition) is 1. The molecule has 0 spiro atoms. The Hall–Kier alpha value is -1.12. The topological polar surface area (TPSA) is 20.2 Å². The first-order valence-electron chi connectivity index (χ1n) is 5.79. The highest BCUT2D eigenvalue weighted by Gasteiger charge is 2.16. The molecule has 1 N–H and O–H groups in total. The third-order valence-corrected chi connectivity index (χ3v) is 4.25. The Morgan fingerprint density at radius 3 is 2.06 bits per heavy atom. The van der Waals surface area contributed by atoms with E-state index >= 15 is 0 Å². The van der Waals surface area contributed by atoms with Crippen molar-refractivity contribution in [3.63, 3.8) is 0 Å². The maximum atomic E-state index is 10.5. The average molecular weight is 246 g/mol. The average Bonchev–Trinajstić information content (AvgIpc) is 2.69. The first kappa shape index (κ1) is 12.3. The van der Waals surface area contributed by atoms with Gasteiger partial charge in [0.25, 0.3) is 0 Å². The van der Waals surface area contributed by atoms with Crippen LogP contribution in [0.2, 0.25) is 0 Å². The SMILES string of the molecule is Cc1cc(C)c(C(O)c2cscc2C)cc1C. The maximum absolute atomic E-state index is 10.5. The quantitative estimate of drug-likeness (QED) is 0.847. The molecular formula is C15H18OS. The lowest BCUT2D eigenvalue weighted by molar-refractivity contribution is 0.219. The zero-order chi connectivity index (χ0) is 12.6. The summed E-state index contributed by atoms with van der Waals surface area (Å²) in [5.41, 5.74) is 6.89. The van der Waals surface area contributed by atoms with Crippen molar-refractivity contribution in [3.05, 3.63) is 56.3 Å². The van der Waals surface area contributed by atoms with Gasteiger partial charge in [0.2, 0.25) is 0 Å². The van der Waals surface area contributed by atoms with Crippen LogP contribution in [0.3, 0.4) is 0 Å². The van der Waals surface area contributed by atoms with Crippen LogP contribution in [0.5, 0.6) is 0 Å². The largest absolute Gasteiger partial charge is 0.384 e. The van der Waals surface area contributed by atoms with Crippen molar-refractivity contribution < 1.29 is 5.11 Å². The second kappa shape index (κ2) is 4.63. The normalized spacial score (nSPS) is 12.8. The number of benzene rings is 1. The first-order chi connectivity index (χ1) is 8.00. The summed E-state index contributed by atoms with van der Waals surface area (Å²) in [4.78, 5) is 0. The molecule has 90 valence electrons. The lowest BCUT2D eigenvalue weighted by Crippen LogP contribution is -2.03. The summed E-state index contributed by atoms with van der Waals surface area (Å²) in [5, 5.41) is 14.6. The summed E-state index contributed by atoms with van der Waals surface area (Å²) in [6, 6.07) is 4.25. The standard InChI is InChI=1S/C15H18OS/c1-9-5-11(3)13(6-10(9)2)15(16)14-8-17-7-12(14)4/h5-8,15-16H,1-4H3. The smallest absolute Gasteiger partial charge is 0.105 e. The monoisotopic (exact) mass is 246 g/mol. The molecule has 1 heterocycles. The van der Waals surface area contributed by atoms with Crippen molar-refractivity contribution in [1.82, 2.24) is 0 Å². The van der Waals surface area contributed by atoms with Gasteiger partial charge in [-0.25, -0.2) is 0 Å². The molecule has 2 rings (SSSR count). The summed E-state index contributed by atoms with van der Waals surface area (Å²) < 4.78 is 0. The lowest BCUT2D eigenvalue weighted by Gasteiger charge is -2.16. The summed E-state index contributed by atoms with van der Waals surface area (Å²) >= 11 is 1.64. The van der Waals surface area contributed by atoms with Gasteiger partial charge in [-0.3, -0.25) is 0 Å². The molecule has 0 aliphatic heterocycles. The Balaban J connectivity index is 2.48. The van der Waals surface area contributed by atoms with Crippen LogP contribution < -0.4 is 0 Å². The van der Waals surface area contributed by atoms with Gasteiger partial charge < -0.3 is 5.11 Å². The Morgan fingerprint density at radius 1 is 0.824 bits per heavy atom. The third kappa shape index (κ3) is 2.28. The summed E-state index contributed by atoms with van der Waals surface area (Å²) in [6.45, 7) is 8.30. The molecule has 1 atom stereocenters. The lowest BCUT2D eigenvalue weighted by atomic mass is 9.93. The minimum atomic E-state index is -0.499. The van der Waals surface area contributed by atoms with Crippen molar-refractivity contribution in [2.75, 3.05) is 0 Å². The molecule has 1 unspecified atom stereocenters. The second-order valence-electron chi connectivity index (χ2n) is 4.71. The van der Waals surface area contributed by atoms with Gasteiger partial charge in [-0.05, 0) is 71.8 Å². The number of aliphatic hydroxyl groups is 1. The number of hydrogen-bond acceptors (Lipinski definition) is 2. The fraction of sp³-hybridized carbons (Fsp3) is 0.333. The van der Waals surface area contributed by atoms with Gasteiger partial charge >= 0.3 is 0 Å². The van der Waals surface area contributed by atoms with Crippen LogP contribution in [0, 0.1) is 27.7 Å². The van der Waals surface area contributed by atoms with E-state index in [1.165, 1.54) is 16.7 Å². The van der Waals surface area contributed by atoms with Crippen molar-refractivity contribution >= 4 is 11.3 Å². The van der Waals surface area contributed by atoms with E-state index in [9.17, 15) is 5.11 Å². The predicted octanol–water partition coefficient (Wildman–Crippen LogP) is 4.06. The molecule has 0 bridgehead atoms. The van der Waals surface area contributed by atoms with E-state index < -0.39 is 6.10 Å². The molecule has 0 saturated heterocycles. The minimum Gasteiger partial charge on any atom is -0.384 e. The van der Waals surface area contributed by atoms with Crippen LogP contribution in [0.15, 0.2) is 22.9 Å². The van der Waals surface area contributed by atoms with Crippen molar-refractivity contribution in [3.8, 4) is 0 Å². The van der Waals surface area contributed by atoms with E-state index in [0.717, 1.165) is 16.7 Å². The molecule has 17 heavy (non-hydrogen) atoms.